The first-order valence-electron chi connectivity index (χ1n) is 6.71. The standard InChI is InChI=1S/C15H21NO5/c1-5-16(6-2)15(18)11-7-8-13(20-4)14(12(11)9-17)21-10-19-3/h7-9H,5-6,10H2,1-4H3. The van der Waals surface area contributed by atoms with E-state index >= 15 is 0 Å². The zero-order valence-electron chi connectivity index (χ0n) is 12.8. The molecular formula is C15H21NO5. The van der Waals surface area contributed by atoms with Crippen LogP contribution >= 0.6 is 0 Å². The summed E-state index contributed by atoms with van der Waals surface area (Å²) in [6.07, 6.45) is 0.601. The highest BCUT2D eigenvalue weighted by atomic mass is 16.7. The molecule has 0 heterocycles. The Hall–Kier alpha value is -2.08. The zero-order valence-corrected chi connectivity index (χ0v) is 12.8. The molecule has 0 saturated heterocycles. The average Bonchev–Trinajstić information content (AvgIpc) is 2.52. The molecule has 0 aromatic heterocycles. The molecule has 116 valence electrons. The normalized spacial score (nSPS) is 10.1. The molecule has 0 aliphatic carbocycles. The van der Waals surface area contributed by atoms with Crippen LogP contribution in [0.5, 0.6) is 11.5 Å². The molecule has 0 bridgehead atoms. The fraction of sp³-hybridized carbons (Fsp3) is 0.467. The van der Waals surface area contributed by atoms with Gasteiger partial charge in [-0.15, -0.1) is 0 Å². The van der Waals surface area contributed by atoms with E-state index in [4.69, 9.17) is 14.2 Å². The highest BCUT2D eigenvalue weighted by Crippen LogP contribution is 2.33. The van der Waals surface area contributed by atoms with Gasteiger partial charge in [0, 0.05) is 20.2 Å². The fourth-order valence-electron chi connectivity index (χ4n) is 1.99. The zero-order chi connectivity index (χ0) is 15.8. The van der Waals surface area contributed by atoms with Crippen LogP contribution < -0.4 is 9.47 Å². The lowest BCUT2D eigenvalue weighted by Gasteiger charge is -2.21. The molecule has 1 aromatic carbocycles. The first-order valence-corrected chi connectivity index (χ1v) is 6.71. The van der Waals surface area contributed by atoms with Gasteiger partial charge in [0.2, 0.25) is 0 Å². The van der Waals surface area contributed by atoms with Crippen LogP contribution in [0.15, 0.2) is 12.1 Å². The molecule has 0 atom stereocenters. The minimum Gasteiger partial charge on any atom is -0.493 e. The van der Waals surface area contributed by atoms with E-state index < -0.39 is 0 Å². The number of carbonyl (C=O) groups excluding carboxylic acids is 2. The predicted octanol–water partition coefficient (Wildman–Crippen LogP) is 1.97. The number of hydrogen-bond donors (Lipinski definition) is 0. The van der Waals surface area contributed by atoms with E-state index in [1.807, 2.05) is 13.8 Å². The number of carbonyl (C=O) groups is 2. The van der Waals surface area contributed by atoms with Gasteiger partial charge in [0.1, 0.15) is 0 Å². The Kier molecular flexibility index (Phi) is 6.68. The van der Waals surface area contributed by atoms with E-state index in [1.54, 1.807) is 17.0 Å². The van der Waals surface area contributed by atoms with Crippen molar-refractivity contribution in [3.8, 4) is 11.5 Å². The van der Waals surface area contributed by atoms with Crippen molar-refractivity contribution in [1.82, 2.24) is 4.90 Å². The number of rotatable bonds is 8. The maximum absolute atomic E-state index is 12.5. The van der Waals surface area contributed by atoms with E-state index in [0.717, 1.165) is 0 Å². The largest absolute Gasteiger partial charge is 0.493 e. The summed E-state index contributed by atoms with van der Waals surface area (Å²) in [7, 11) is 2.94. The van der Waals surface area contributed by atoms with Gasteiger partial charge in [-0.2, -0.15) is 0 Å². The van der Waals surface area contributed by atoms with Crippen LogP contribution in [0.2, 0.25) is 0 Å². The van der Waals surface area contributed by atoms with Gasteiger partial charge in [-0.25, -0.2) is 0 Å². The van der Waals surface area contributed by atoms with Gasteiger partial charge < -0.3 is 19.1 Å². The number of ether oxygens (including phenoxy) is 3. The molecule has 0 aliphatic rings. The summed E-state index contributed by atoms with van der Waals surface area (Å²) in [6.45, 7) is 4.85. The van der Waals surface area contributed by atoms with Gasteiger partial charge in [-0.1, -0.05) is 0 Å². The maximum Gasteiger partial charge on any atom is 0.254 e. The topological polar surface area (TPSA) is 65.1 Å². The third kappa shape index (κ3) is 3.72. The van der Waals surface area contributed by atoms with E-state index in [0.29, 0.717) is 30.7 Å². The quantitative estimate of drug-likeness (QED) is 0.542. The Balaban J connectivity index is 3.33. The predicted molar refractivity (Wildman–Crippen MR) is 78.1 cm³/mol. The van der Waals surface area contributed by atoms with Crippen LogP contribution in [0, 0.1) is 0 Å². The smallest absolute Gasteiger partial charge is 0.254 e. The number of benzene rings is 1. The number of amides is 1. The van der Waals surface area contributed by atoms with Gasteiger partial charge >= 0.3 is 0 Å². The maximum atomic E-state index is 12.5. The second kappa shape index (κ2) is 8.26. The van der Waals surface area contributed by atoms with Crippen LogP contribution in [0.1, 0.15) is 34.6 Å². The SMILES string of the molecule is CCN(CC)C(=O)c1ccc(OC)c(OCOC)c1C=O. The molecule has 1 amide bonds. The molecule has 21 heavy (non-hydrogen) atoms. The number of aldehydes is 1. The minimum atomic E-state index is -0.216. The molecule has 6 heteroatoms. The summed E-state index contributed by atoms with van der Waals surface area (Å²) in [4.78, 5) is 25.5. The highest BCUT2D eigenvalue weighted by molar-refractivity contribution is 6.03. The van der Waals surface area contributed by atoms with E-state index in [2.05, 4.69) is 0 Å². The van der Waals surface area contributed by atoms with Crippen LogP contribution in [0.3, 0.4) is 0 Å². The molecule has 0 spiro atoms. The summed E-state index contributed by atoms with van der Waals surface area (Å²) < 4.78 is 15.4. The Morgan fingerprint density at radius 1 is 1.24 bits per heavy atom. The van der Waals surface area contributed by atoms with Gasteiger partial charge in [0.05, 0.1) is 18.2 Å². The molecule has 0 saturated carbocycles. The summed E-state index contributed by atoms with van der Waals surface area (Å²) >= 11 is 0. The van der Waals surface area contributed by atoms with Crippen molar-refractivity contribution in [3.05, 3.63) is 23.3 Å². The third-order valence-corrected chi connectivity index (χ3v) is 3.10. The van der Waals surface area contributed by atoms with Crippen molar-refractivity contribution in [2.45, 2.75) is 13.8 Å². The molecule has 0 aliphatic heterocycles. The molecule has 6 nitrogen and oxygen atoms in total. The summed E-state index contributed by atoms with van der Waals surface area (Å²) in [5, 5.41) is 0. The minimum absolute atomic E-state index is 0.0416. The van der Waals surface area contributed by atoms with Crippen molar-refractivity contribution in [2.75, 3.05) is 34.1 Å². The molecule has 0 N–H and O–H groups in total. The number of methoxy groups -OCH3 is 2. The van der Waals surface area contributed by atoms with Crippen molar-refractivity contribution in [3.63, 3.8) is 0 Å². The van der Waals surface area contributed by atoms with Crippen molar-refractivity contribution >= 4 is 12.2 Å². The Bertz CT molecular complexity index is 497. The number of hydrogen-bond acceptors (Lipinski definition) is 5. The van der Waals surface area contributed by atoms with Gasteiger partial charge in [0.25, 0.3) is 5.91 Å². The van der Waals surface area contributed by atoms with E-state index in [-0.39, 0.29) is 24.0 Å². The summed E-state index contributed by atoms with van der Waals surface area (Å²) in [5.41, 5.74) is 0.462. The summed E-state index contributed by atoms with van der Waals surface area (Å²) in [6, 6.07) is 3.18. The lowest BCUT2D eigenvalue weighted by Crippen LogP contribution is -2.31. The molecule has 1 rings (SSSR count). The molecule has 1 aromatic rings. The molecular weight excluding hydrogens is 274 g/mol. The van der Waals surface area contributed by atoms with Crippen LogP contribution in [0.4, 0.5) is 0 Å². The monoisotopic (exact) mass is 295 g/mol. The lowest BCUT2D eigenvalue weighted by molar-refractivity contribution is 0.0482. The number of nitrogens with zero attached hydrogens (tertiary/aromatic N) is 1. The second-order valence-corrected chi connectivity index (χ2v) is 4.20. The van der Waals surface area contributed by atoms with Crippen molar-refractivity contribution in [2.24, 2.45) is 0 Å². The molecule has 0 unspecified atom stereocenters. The third-order valence-electron chi connectivity index (χ3n) is 3.10. The average molecular weight is 295 g/mol. The first-order chi connectivity index (χ1) is 10.1. The molecule has 0 fully saturated rings. The van der Waals surface area contributed by atoms with E-state index in [9.17, 15) is 9.59 Å². The highest BCUT2D eigenvalue weighted by Gasteiger charge is 2.22. The van der Waals surface area contributed by atoms with Crippen molar-refractivity contribution < 1.29 is 23.8 Å². The van der Waals surface area contributed by atoms with Crippen LogP contribution in [-0.4, -0.2) is 51.2 Å². The Morgan fingerprint density at radius 3 is 2.38 bits per heavy atom. The fourth-order valence-corrected chi connectivity index (χ4v) is 1.99. The van der Waals surface area contributed by atoms with Gasteiger partial charge in [-0.05, 0) is 26.0 Å². The Labute approximate surface area is 124 Å². The Morgan fingerprint density at radius 2 is 1.90 bits per heavy atom. The second-order valence-electron chi connectivity index (χ2n) is 4.20. The van der Waals surface area contributed by atoms with Crippen LogP contribution in [-0.2, 0) is 4.74 Å². The first kappa shape index (κ1) is 17.0. The van der Waals surface area contributed by atoms with Crippen LogP contribution in [0.25, 0.3) is 0 Å². The van der Waals surface area contributed by atoms with Gasteiger partial charge in [-0.3, -0.25) is 9.59 Å². The molecule has 0 radical (unpaired) electrons. The lowest BCUT2D eigenvalue weighted by atomic mass is 10.1. The van der Waals surface area contributed by atoms with Crippen molar-refractivity contribution in [1.29, 1.82) is 0 Å². The van der Waals surface area contributed by atoms with E-state index in [1.165, 1.54) is 14.2 Å². The summed E-state index contributed by atoms with van der Waals surface area (Å²) in [5.74, 6) is 0.379. The van der Waals surface area contributed by atoms with Gasteiger partial charge in [0.15, 0.2) is 24.6 Å².